The minimum absolute atomic E-state index is 0.0253. The topological polar surface area (TPSA) is 37.8 Å². The second-order valence-electron chi connectivity index (χ2n) is 6.80. The van der Waals surface area contributed by atoms with E-state index in [9.17, 15) is 0 Å². The van der Waals surface area contributed by atoms with E-state index in [0.717, 1.165) is 49.3 Å². The molecule has 0 aliphatic heterocycles. The third kappa shape index (κ3) is 6.47. The van der Waals surface area contributed by atoms with Crippen molar-refractivity contribution in [2.24, 2.45) is 0 Å². The van der Waals surface area contributed by atoms with Gasteiger partial charge in [0.05, 0.1) is 33.5 Å². The molecule has 0 bridgehead atoms. The van der Waals surface area contributed by atoms with Crippen LogP contribution in [-0.2, 0) is 13.1 Å². The Balaban J connectivity index is 0.000000630. The first-order valence-corrected chi connectivity index (χ1v) is 13.4. The summed E-state index contributed by atoms with van der Waals surface area (Å²) in [6.45, 7) is 10.2. The zero-order chi connectivity index (χ0) is 23.0. The fourth-order valence-electron chi connectivity index (χ4n) is 3.37. The van der Waals surface area contributed by atoms with Gasteiger partial charge in [-0.3, -0.25) is 4.98 Å². The van der Waals surface area contributed by atoms with Crippen LogP contribution in [0.25, 0.3) is 21.8 Å². The van der Waals surface area contributed by atoms with Crippen molar-refractivity contribution in [3.05, 3.63) is 76.6 Å². The van der Waals surface area contributed by atoms with Crippen molar-refractivity contribution >= 4 is 59.3 Å². The monoisotopic (exact) mass is 517 g/mol. The number of rotatable bonds is 3. The molecule has 0 saturated carbocycles. The van der Waals surface area contributed by atoms with Gasteiger partial charge in [-0.25, -0.2) is 4.98 Å². The summed E-state index contributed by atoms with van der Waals surface area (Å²) in [6, 6.07) is 16.5. The molecule has 7 heteroatoms. The summed E-state index contributed by atoms with van der Waals surface area (Å²) in [5, 5.41) is 6.45. The molecule has 1 unspecified atom stereocenters. The molecule has 2 heterocycles. The number of hydrogen-bond donors (Lipinski definition) is 1. The Hall–Kier alpha value is -1.55. The number of aromatic nitrogens is 2. The Kier molecular flexibility index (Phi) is 10.3. The van der Waals surface area contributed by atoms with Crippen LogP contribution in [0.4, 0.5) is 5.69 Å². The number of nitrogens with one attached hydrogen (secondary N) is 1. The summed E-state index contributed by atoms with van der Waals surface area (Å²) >= 11 is 6.64. The Morgan fingerprint density at radius 1 is 0.935 bits per heavy atom. The van der Waals surface area contributed by atoms with Gasteiger partial charge in [0.1, 0.15) is 0 Å². The first-order chi connectivity index (χ1) is 14.9. The van der Waals surface area contributed by atoms with Crippen LogP contribution in [0.1, 0.15) is 43.6 Å². The van der Waals surface area contributed by atoms with E-state index >= 15 is 0 Å². The number of fused-ring (bicyclic) bond motifs is 3. The van der Waals surface area contributed by atoms with Crippen molar-refractivity contribution in [2.45, 2.75) is 40.7 Å². The molecule has 1 atom stereocenters. The number of anilines is 1. The van der Waals surface area contributed by atoms with Crippen LogP contribution >= 0.6 is 31.8 Å². The van der Waals surface area contributed by atoms with Crippen molar-refractivity contribution in [2.75, 3.05) is 5.32 Å². The van der Waals surface area contributed by atoms with Gasteiger partial charge in [0.2, 0.25) is 0 Å². The van der Waals surface area contributed by atoms with Crippen molar-refractivity contribution < 1.29 is 13.1 Å². The molecular formula is C24H26Cl3FeN3. The molecule has 0 aliphatic carbocycles. The van der Waals surface area contributed by atoms with Gasteiger partial charge >= 0.3 is 33.3 Å². The summed E-state index contributed by atoms with van der Waals surface area (Å²) in [5.74, 6) is 0. The molecule has 166 valence electrons. The summed E-state index contributed by atoms with van der Waals surface area (Å²) in [7, 11) is 9.53. The van der Waals surface area contributed by atoms with Gasteiger partial charge in [-0.2, -0.15) is 0 Å². The van der Waals surface area contributed by atoms with Gasteiger partial charge in [0, 0.05) is 17.0 Å². The zero-order valence-corrected chi connectivity index (χ0v) is 21.5. The van der Waals surface area contributed by atoms with Gasteiger partial charge in [0.15, 0.2) is 0 Å². The second-order valence-corrected chi connectivity index (χ2v) is 9.03. The van der Waals surface area contributed by atoms with Crippen molar-refractivity contribution in [1.82, 2.24) is 9.97 Å². The maximum atomic E-state index is 6.45. The van der Waals surface area contributed by atoms with Crippen molar-refractivity contribution in [3.8, 4) is 0 Å². The average Bonchev–Trinajstić information content (AvgIpc) is 2.77. The van der Waals surface area contributed by atoms with E-state index in [1.807, 2.05) is 32.2 Å². The molecule has 31 heavy (non-hydrogen) atoms. The molecule has 1 N–H and O–H groups in total. The molecule has 3 nitrogen and oxygen atoms in total. The fraction of sp³-hybridized carbons (Fsp3) is 0.250. The van der Waals surface area contributed by atoms with Gasteiger partial charge in [-0.1, -0.05) is 55.8 Å². The molecule has 0 spiro atoms. The quantitative estimate of drug-likeness (QED) is 0.218. The predicted molar refractivity (Wildman–Crippen MR) is 133 cm³/mol. The summed E-state index contributed by atoms with van der Waals surface area (Å²) in [4.78, 5) is 9.44. The van der Waals surface area contributed by atoms with E-state index in [1.54, 1.807) is 0 Å². The third-order valence-corrected chi connectivity index (χ3v) is 4.99. The number of halogens is 3. The van der Waals surface area contributed by atoms with Crippen molar-refractivity contribution in [3.63, 3.8) is 0 Å². The maximum absolute atomic E-state index is 6.45. The van der Waals surface area contributed by atoms with Gasteiger partial charge in [-0.15, -0.1) is 0 Å². The average molecular weight is 519 g/mol. The Bertz CT molecular complexity index is 1130. The molecule has 4 aromatic rings. The molecular weight excluding hydrogens is 492 g/mol. The van der Waals surface area contributed by atoms with Gasteiger partial charge < -0.3 is 5.32 Å². The fourth-order valence-corrected chi connectivity index (χ4v) is 3.74. The number of nitrogens with zero attached hydrogens (tertiary/aromatic N) is 2. The summed E-state index contributed by atoms with van der Waals surface area (Å²) in [6.07, 6.45) is 1.81. The van der Waals surface area contributed by atoms with E-state index in [4.69, 9.17) is 36.8 Å². The van der Waals surface area contributed by atoms with E-state index in [0.29, 0.717) is 0 Å². The Morgan fingerprint density at radius 3 is 2.19 bits per heavy atom. The molecule has 0 radical (unpaired) electrons. The third-order valence-electron chi connectivity index (χ3n) is 4.69. The molecule has 2 aromatic carbocycles. The second kappa shape index (κ2) is 12.5. The van der Waals surface area contributed by atoms with Gasteiger partial charge in [0.25, 0.3) is 0 Å². The van der Waals surface area contributed by atoms with Crippen molar-refractivity contribution in [1.29, 1.82) is 0 Å². The Labute approximate surface area is 204 Å². The SMILES string of the molecule is CC.Cc1cc(C)c(NC(C)c2ccc3ccc4cccnc4c3n2)c(Cl)c1.[Cl][Fe][Cl]. The predicted octanol–water partition coefficient (Wildman–Crippen LogP) is 8.63. The number of hydrogen-bond acceptors (Lipinski definition) is 3. The summed E-state index contributed by atoms with van der Waals surface area (Å²) in [5.41, 5.74) is 6.08. The standard InChI is InChI=1S/C22H20ClN3.C2H6.2ClH.Fe/c1-13-11-14(2)20(18(23)12-13)25-15(3)19-9-8-17-7-6-16-5-4-10-24-21(16)22(17)26-19;1-2;;;/h4-12,15,25H,1-3H3;1-2H3;2*1H;/q;;;;+2/p-2. The molecule has 2 aromatic heterocycles. The first-order valence-electron chi connectivity index (χ1n) is 9.97. The van der Waals surface area contributed by atoms with Crippen LogP contribution in [0.5, 0.6) is 0 Å². The summed E-state index contributed by atoms with van der Waals surface area (Å²) < 4.78 is 0. The Morgan fingerprint density at radius 2 is 1.55 bits per heavy atom. The molecule has 0 fully saturated rings. The van der Waals surface area contributed by atoms with E-state index in [-0.39, 0.29) is 19.2 Å². The van der Waals surface area contributed by atoms with Crippen LogP contribution < -0.4 is 5.32 Å². The van der Waals surface area contributed by atoms with Crippen LogP contribution in [-0.4, -0.2) is 9.97 Å². The molecule has 0 amide bonds. The van der Waals surface area contributed by atoms with Crippen LogP contribution in [0.15, 0.2) is 54.7 Å². The van der Waals surface area contributed by atoms with Gasteiger partial charge in [-0.05, 0) is 50.1 Å². The number of aryl methyl sites for hydroxylation is 2. The minimum atomic E-state index is 0.0253. The zero-order valence-electron chi connectivity index (χ0n) is 18.2. The van der Waals surface area contributed by atoms with Crippen LogP contribution in [0, 0.1) is 13.8 Å². The van der Waals surface area contributed by atoms with Crippen LogP contribution in [0.2, 0.25) is 5.02 Å². The normalized spacial score (nSPS) is 11.4. The molecule has 0 saturated heterocycles. The number of pyridine rings is 2. The van der Waals surface area contributed by atoms with E-state index in [1.165, 1.54) is 0 Å². The molecule has 4 rings (SSSR count). The number of benzene rings is 2. The van der Waals surface area contributed by atoms with Crippen LogP contribution in [0.3, 0.4) is 0 Å². The van der Waals surface area contributed by atoms with E-state index < -0.39 is 0 Å². The first kappa shape index (κ1) is 25.7. The molecule has 0 aliphatic rings. The van der Waals surface area contributed by atoms with E-state index in [2.05, 4.69) is 67.5 Å².